The zero-order valence-electron chi connectivity index (χ0n) is 14.6. The Morgan fingerprint density at radius 3 is 2.84 bits per heavy atom. The molecule has 1 fully saturated rings. The molecule has 0 spiro atoms. The lowest BCUT2D eigenvalue weighted by atomic mass is 9.85. The van der Waals surface area contributed by atoms with Crippen molar-refractivity contribution >= 4 is 27.3 Å². The van der Waals surface area contributed by atoms with Crippen LogP contribution in [0, 0.1) is 11.7 Å². The molecule has 1 N–H and O–H groups in total. The van der Waals surface area contributed by atoms with Gasteiger partial charge in [-0.05, 0) is 37.8 Å². The minimum Gasteiger partial charge on any atom is -0.394 e. The maximum atomic E-state index is 14.3. The molecule has 1 amide bonds. The summed E-state index contributed by atoms with van der Waals surface area (Å²) in [5.41, 5.74) is 0.606. The minimum absolute atomic E-state index is 0.0860. The Kier molecular flexibility index (Phi) is 5.71. The maximum Gasteiger partial charge on any atom is 0.264 e. The van der Waals surface area contributed by atoms with Gasteiger partial charge in [0.1, 0.15) is 5.82 Å². The van der Waals surface area contributed by atoms with Crippen LogP contribution < -0.4 is 0 Å². The third-order valence-electron chi connectivity index (χ3n) is 4.98. The predicted octanol–water partition coefficient (Wildman–Crippen LogP) is 3.81. The lowest BCUT2D eigenvalue weighted by molar-refractivity contribution is 0.0531. The minimum atomic E-state index is -0.333. The molecule has 0 unspecified atom stereocenters. The molecule has 1 aliphatic rings. The molecule has 136 valence electrons. The second-order valence-corrected chi connectivity index (χ2v) is 7.79. The topological polar surface area (TPSA) is 49.8 Å². The van der Waals surface area contributed by atoms with Crippen molar-refractivity contribution < 1.29 is 19.0 Å². The van der Waals surface area contributed by atoms with Gasteiger partial charge in [-0.15, -0.1) is 11.3 Å². The fraction of sp³-hybridized carbons (Fsp3) is 0.526. The van der Waals surface area contributed by atoms with Gasteiger partial charge in [0.05, 0.1) is 24.1 Å². The second-order valence-electron chi connectivity index (χ2n) is 6.74. The number of nitrogens with zero attached hydrogens (tertiary/aromatic N) is 1. The maximum absolute atomic E-state index is 14.3. The molecule has 1 aliphatic carbocycles. The van der Waals surface area contributed by atoms with Crippen LogP contribution in [0.3, 0.4) is 0 Å². The summed E-state index contributed by atoms with van der Waals surface area (Å²) in [6.45, 7) is 2.59. The number of benzene rings is 1. The van der Waals surface area contributed by atoms with E-state index in [1.54, 1.807) is 18.1 Å². The summed E-state index contributed by atoms with van der Waals surface area (Å²) in [7, 11) is 1.54. The van der Waals surface area contributed by atoms with Gasteiger partial charge in [-0.2, -0.15) is 0 Å². The standard InChI is InChI=1S/C19H24FNO3S/c1-12(10-22)21(9-13-5-3-6-13)19(23)18-14(11-24-2)17-15(20)7-4-8-16(17)25-18/h4,7-8,12-13,22H,3,5-6,9-11H2,1-2H3/t12-/m1/s1. The molecule has 1 aromatic carbocycles. The smallest absolute Gasteiger partial charge is 0.264 e. The Morgan fingerprint density at radius 1 is 1.48 bits per heavy atom. The first-order valence-corrected chi connectivity index (χ1v) is 9.49. The van der Waals surface area contributed by atoms with E-state index in [-0.39, 0.29) is 31.0 Å². The highest BCUT2D eigenvalue weighted by Crippen LogP contribution is 2.36. The molecule has 0 saturated heterocycles. The average molecular weight is 365 g/mol. The van der Waals surface area contributed by atoms with E-state index in [0.717, 1.165) is 17.5 Å². The van der Waals surface area contributed by atoms with Crippen LogP contribution in [0.4, 0.5) is 4.39 Å². The highest BCUT2D eigenvalue weighted by molar-refractivity contribution is 7.21. The average Bonchev–Trinajstić information content (AvgIpc) is 2.93. The molecule has 0 radical (unpaired) electrons. The summed E-state index contributed by atoms with van der Waals surface area (Å²) < 4.78 is 20.3. The van der Waals surface area contributed by atoms with E-state index in [2.05, 4.69) is 0 Å². The fourth-order valence-corrected chi connectivity index (χ4v) is 4.45. The van der Waals surface area contributed by atoms with E-state index in [0.29, 0.717) is 28.3 Å². The van der Waals surface area contributed by atoms with Crippen molar-refractivity contribution in [2.75, 3.05) is 20.3 Å². The van der Waals surface area contributed by atoms with E-state index in [9.17, 15) is 14.3 Å². The first-order valence-electron chi connectivity index (χ1n) is 8.67. The summed E-state index contributed by atoms with van der Waals surface area (Å²) in [5.74, 6) is 0.0247. The number of methoxy groups -OCH3 is 1. The quantitative estimate of drug-likeness (QED) is 0.812. The van der Waals surface area contributed by atoms with Crippen LogP contribution in [-0.4, -0.2) is 42.2 Å². The van der Waals surface area contributed by atoms with E-state index in [1.807, 2.05) is 13.0 Å². The summed E-state index contributed by atoms with van der Waals surface area (Å²) in [4.78, 5) is 15.5. The van der Waals surface area contributed by atoms with Gasteiger partial charge in [-0.3, -0.25) is 4.79 Å². The predicted molar refractivity (Wildman–Crippen MR) is 97.4 cm³/mol. The first kappa shape index (κ1) is 18.3. The SMILES string of the molecule is COCc1c(C(=O)N(CC2CCC2)[C@H](C)CO)sc2cccc(F)c12. The Morgan fingerprint density at radius 2 is 2.24 bits per heavy atom. The zero-order chi connectivity index (χ0) is 18.0. The number of hydrogen-bond acceptors (Lipinski definition) is 4. The van der Waals surface area contributed by atoms with Gasteiger partial charge in [0.2, 0.25) is 0 Å². The zero-order valence-corrected chi connectivity index (χ0v) is 15.4. The molecule has 1 heterocycles. The molecular formula is C19H24FNO3S. The highest BCUT2D eigenvalue weighted by atomic mass is 32.1. The van der Waals surface area contributed by atoms with Crippen molar-refractivity contribution in [1.29, 1.82) is 0 Å². The summed E-state index contributed by atoms with van der Waals surface area (Å²) in [6.07, 6.45) is 3.44. The summed E-state index contributed by atoms with van der Waals surface area (Å²) in [5, 5.41) is 10.1. The number of carbonyl (C=O) groups excluding carboxylic acids is 1. The van der Waals surface area contributed by atoms with Gasteiger partial charge in [0.25, 0.3) is 5.91 Å². The summed E-state index contributed by atoms with van der Waals surface area (Å²) in [6, 6.07) is 4.62. The van der Waals surface area contributed by atoms with Gasteiger partial charge >= 0.3 is 0 Å². The van der Waals surface area contributed by atoms with Gasteiger partial charge in [0.15, 0.2) is 0 Å². The van der Waals surface area contributed by atoms with E-state index in [1.165, 1.54) is 23.8 Å². The Hall–Kier alpha value is -1.50. The molecule has 6 heteroatoms. The van der Waals surface area contributed by atoms with Crippen LogP contribution in [0.5, 0.6) is 0 Å². The normalized spacial score (nSPS) is 16.0. The van der Waals surface area contributed by atoms with Crippen molar-refractivity contribution in [2.24, 2.45) is 5.92 Å². The first-order chi connectivity index (χ1) is 12.1. The molecule has 0 aliphatic heterocycles. The highest BCUT2D eigenvalue weighted by Gasteiger charge is 2.30. The van der Waals surface area contributed by atoms with E-state index >= 15 is 0 Å². The van der Waals surface area contributed by atoms with Crippen molar-refractivity contribution in [3.05, 3.63) is 34.5 Å². The van der Waals surface area contributed by atoms with Crippen LogP contribution in [0.1, 0.15) is 41.4 Å². The lowest BCUT2D eigenvalue weighted by Gasteiger charge is -2.35. The van der Waals surface area contributed by atoms with E-state index < -0.39 is 0 Å². The molecule has 1 aromatic heterocycles. The van der Waals surface area contributed by atoms with Crippen molar-refractivity contribution in [3.63, 3.8) is 0 Å². The molecular weight excluding hydrogens is 341 g/mol. The second kappa shape index (κ2) is 7.81. The number of thiophene rings is 1. The largest absolute Gasteiger partial charge is 0.394 e. The number of aliphatic hydroxyl groups is 1. The molecule has 2 aromatic rings. The molecule has 1 saturated carbocycles. The number of hydrogen-bond donors (Lipinski definition) is 1. The number of fused-ring (bicyclic) bond motifs is 1. The number of carbonyl (C=O) groups is 1. The van der Waals surface area contributed by atoms with Gasteiger partial charge in [-0.1, -0.05) is 12.5 Å². The molecule has 3 rings (SSSR count). The lowest BCUT2D eigenvalue weighted by Crippen LogP contribution is -2.44. The number of amides is 1. The Labute approximate surface area is 151 Å². The van der Waals surface area contributed by atoms with Crippen LogP contribution in [0.2, 0.25) is 0 Å². The van der Waals surface area contributed by atoms with Gasteiger partial charge < -0.3 is 14.7 Å². The number of rotatable bonds is 7. The monoisotopic (exact) mass is 365 g/mol. The molecule has 25 heavy (non-hydrogen) atoms. The molecule has 1 atom stereocenters. The van der Waals surface area contributed by atoms with Crippen molar-refractivity contribution in [2.45, 2.75) is 38.8 Å². The number of aliphatic hydroxyl groups excluding tert-OH is 1. The van der Waals surface area contributed by atoms with E-state index in [4.69, 9.17) is 4.74 Å². The van der Waals surface area contributed by atoms with Crippen LogP contribution in [0.25, 0.3) is 10.1 Å². The number of ether oxygens (including phenoxy) is 1. The fourth-order valence-electron chi connectivity index (χ4n) is 3.27. The number of halogens is 1. The van der Waals surface area contributed by atoms with Crippen LogP contribution in [0.15, 0.2) is 18.2 Å². The van der Waals surface area contributed by atoms with Gasteiger partial charge in [0, 0.05) is 29.3 Å². The Balaban J connectivity index is 2.01. The third-order valence-corrected chi connectivity index (χ3v) is 6.17. The third kappa shape index (κ3) is 3.57. The van der Waals surface area contributed by atoms with Crippen molar-refractivity contribution in [3.8, 4) is 0 Å². The molecule has 0 bridgehead atoms. The molecule has 4 nitrogen and oxygen atoms in total. The van der Waals surface area contributed by atoms with Crippen LogP contribution in [-0.2, 0) is 11.3 Å². The van der Waals surface area contributed by atoms with Crippen LogP contribution >= 0.6 is 11.3 Å². The summed E-state index contributed by atoms with van der Waals surface area (Å²) >= 11 is 1.30. The van der Waals surface area contributed by atoms with Crippen molar-refractivity contribution in [1.82, 2.24) is 4.90 Å². The Bertz CT molecular complexity index is 756. The van der Waals surface area contributed by atoms with Gasteiger partial charge in [-0.25, -0.2) is 4.39 Å².